The Bertz CT molecular complexity index is 471. The molecule has 0 aliphatic carbocycles. The van der Waals surface area contributed by atoms with E-state index in [-0.39, 0.29) is 5.69 Å². The third-order valence-corrected chi connectivity index (χ3v) is 3.44. The second-order valence-corrected chi connectivity index (χ2v) is 5.81. The second kappa shape index (κ2) is 4.75. The van der Waals surface area contributed by atoms with Crippen LogP contribution in [0.3, 0.4) is 0 Å². The molecule has 1 aromatic carbocycles. The molecule has 5 nitrogen and oxygen atoms in total. The summed E-state index contributed by atoms with van der Waals surface area (Å²) in [6, 6.07) is 4.76. The van der Waals surface area contributed by atoms with Crippen LogP contribution in [-0.2, 0) is 4.79 Å². The van der Waals surface area contributed by atoms with Crippen molar-refractivity contribution in [1.29, 1.82) is 0 Å². The maximum atomic E-state index is 11.0. The molecule has 17 heavy (non-hydrogen) atoms. The van der Waals surface area contributed by atoms with E-state index in [1.165, 1.54) is 19.9 Å². The smallest absolute Gasteiger partial charge is 0.319 e. The minimum absolute atomic E-state index is 0.0516. The first-order valence-corrected chi connectivity index (χ1v) is 5.73. The lowest BCUT2D eigenvalue weighted by atomic mass is 10.2. The maximum absolute atomic E-state index is 11.0. The van der Waals surface area contributed by atoms with Gasteiger partial charge in [-0.25, -0.2) is 0 Å². The van der Waals surface area contributed by atoms with Crippen LogP contribution in [0.15, 0.2) is 23.1 Å². The number of aryl methyl sites for hydroxylation is 1. The van der Waals surface area contributed by atoms with Crippen molar-refractivity contribution in [1.82, 2.24) is 0 Å². The fourth-order valence-electron chi connectivity index (χ4n) is 1.17. The number of carboxylic acids is 1. The number of carboxylic acid groups (broad SMARTS) is 1. The van der Waals surface area contributed by atoms with E-state index in [2.05, 4.69) is 0 Å². The molecule has 0 aliphatic heterocycles. The molecule has 1 aromatic rings. The molecule has 0 bridgehead atoms. The summed E-state index contributed by atoms with van der Waals surface area (Å²) in [5.41, 5.74) is 0.721. The van der Waals surface area contributed by atoms with Gasteiger partial charge in [0.2, 0.25) is 0 Å². The van der Waals surface area contributed by atoms with Crippen LogP contribution in [0.4, 0.5) is 5.69 Å². The Balaban J connectivity index is 3.15. The number of thioether (sulfide) groups is 1. The summed E-state index contributed by atoms with van der Waals surface area (Å²) < 4.78 is -1.10. The lowest BCUT2D eigenvalue weighted by molar-refractivity contribution is -0.387. The summed E-state index contributed by atoms with van der Waals surface area (Å²) in [6.07, 6.45) is 0. The van der Waals surface area contributed by atoms with E-state index in [1.807, 2.05) is 0 Å². The number of hydrogen-bond acceptors (Lipinski definition) is 4. The van der Waals surface area contributed by atoms with E-state index < -0.39 is 15.6 Å². The number of nitro benzene ring substituents is 1. The zero-order valence-electron chi connectivity index (χ0n) is 9.76. The van der Waals surface area contributed by atoms with E-state index in [0.29, 0.717) is 4.90 Å². The third kappa shape index (κ3) is 3.20. The largest absolute Gasteiger partial charge is 0.480 e. The number of benzene rings is 1. The highest BCUT2D eigenvalue weighted by Gasteiger charge is 2.31. The molecule has 1 N–H and O–H groups in total. The van der Waals surface area contributed by atoms with Crippen LogP contribution >= 0.6 is 11.8 Å². The summed E-state index contributed by atoms with van der Waals surface area (Å²) in [6.45, 7) is 4.79. The predicted octanol–water partition coefficient (Wildman–Crippen LogP) is 2.86. The van der Waals surface area contributed by atoms with Crippen molar-refractivity contribution >= 4 is 23.4 Å². The summed E-state index contributed by atoms with van der Waals surface area (Å²) >= 11 is 0.976. The van der Waals surface area contributed by atoms with Gasteiger partial charge in [-0.1, -0.05) is 6.07 Å². The number of aliphatic carboxylic acids is 1. The van der Waals surface area contributed by atoms with Crippen molar-refractivity contribution in [3.05, 3.63) is 33.9 Å². The summed E-state index contributed by atoms with van der Waals surface area (Å²) in [5.74, 6) is -1.00. The standard InChI is InChI=1S/C11H13NO4S/c1-7-4-5-9(8(6-7)12(15)16)17-11(2,3)10(13)14/h4-6H,1-3H3,(H,13,14). The molecule has 92 valence electrons. The zero-order chi connectivity index (χ0) is 13.2. The predicted molar refractivity (Wildman–Crippen MR) is 65.4 cm³/mol. The molecule has 0 aromatic heterocycles. The van der Waals surface area contributed by atoms with Crippen molar-refractivity contribution in [3.8, 4) is 0 Å². The van der Waals surface area contributed by atoms with Crippen molar-refractivity contribution in [2.75, 3.05) is 0 Å². The first-order valence-electron chi connectivity index (χ1n) is 4.91. The average molecular weight is 255 g/mol. The Hall–Kier alpha value is -1.56. The van der Waals surface area contributed by atoms with Crippen LogP contribution in [0, 0.1) is 17.0 Å². The molecule has 0 aliphatic rings. The molecule has 0 atom stereocenters. The van der Waals surface area contributed by atoms with Crippen molar-refractivity contribution in [2.45, 2.75) is 30.4 Å². The van der Waals surface area contributed by atoms with Gasteiger partial charge in [0.25, 0.3) is 5.69 Å². The van der Waals surface area contributed by atoms with Crippen LogP contribution in [0.25, 0.3) is 0 Å². The van der Waals surface area contributed by atoms with Crippen LogP contribution in [0.2, 0.25) is 0 Å². The zero-order valence-corrected chi connectivity index (χ0v) is 10.6. The molecule has 0 unspecified atom stereocenters. The lowest BCUT2D eigenvalue weighted by Gasteiger charge is -2.18. The Morgan fingerprint density at radius 1 is 1.47 bits per heavy atom. The highest BCUT2D eigenvalue weighted by Crippen LogP contribution is 2.38. The molecular weight excluding hydrogens is 242 g/mol. The Morgan fingerprint density at radius 3 is 2.53 bits per heavy atom. The molecule has 0 heterocycles. The fourth-order valence-corrected chi connectivity index (χ4v) is 2.19. The van der Waals surface area contributed by atoms with Gasteiger partial charge in [0.1, 0.15) is 4.75 Å². The van der Waals surface area contributed by atoms with Crippen LogP contribution in [0.5, 0.6) is 0 Å². The molecule has 1 rings (SSSR count). The van der Waals surface area contributed by atoms with E-state index >= 15 is 0 Å². The van der Waals surface area contributed by atoms with Crippen molar-refractivity contribution < 1.29 is 14.8 Å². The number of nitro groups is 1. The fraction of sp³-hybridized carbons (Fsp3) is 0.364. The van der Waals surface area contributed by atoms with Gasteiger partial charge in [0, 0.05) is 6.07 Å². The molecule has 0 spiro atoms. The van der Waals surface area contributed by atoms with E-state index in [1.54, 1.807) is 19.1 Å². The SMILES string of the molecule is Cc1ccc(SC(C)(C)C(=O)O)c([N+](=O)[O-])c1. The van der Waals surface area contributed by atoms with Crippen molar-refractivity contribution in [3.63, 3.8) is 0 Å². The average Bonchev–Trinajstić information content (AvgIpc) is 2.19. The number of hydrogen-bond donors (Lipinski definition) is 1. The Labute approximate surface area is 103 Å². The van der Waals surface area contributed by atoms with Gasteiger partial charge < -0.3 is 5.11 Å². The van der Waals surface area contributed by atoms with Gasteiger partial charge in [-0.15, -0.1) is 11.8 Å². The molecule has 0 radical (unpaired) electrons. The lowest BCUT2D eigenvalue weighted by Crippen LogP contribution is -2.27. The highest BCUT2D eigenvalue weighted by atomic mass is 32.2. The summed E-state index contributed by atoms with van der Waals surface area (Å²) in [5, 5.41) is 19.9. The summed E-state index contributed by atoms with van der Waals surface area (Å²) in [7, 11) is 0. The maximum Gasteiger partial charge on any atom is 0.319 e. The summed E-state index contributed by atoms with van der Waals surface area (Å²) in [4.78, 5) is 21.7. The van der Waals surface area contributed by atoms with Crippen molar-refractivity contribution in [2.24, 2.45) is 0 Å². The van der Waals surface area contributed by atoms with Crippen LogP contribution < -0.4 is 0 Å². The molecule has 0 saturated heterocycles. The van der Waals surface area contributed by atoms with E-state index in [0.717, 1.165) is 17.3 Å². The first-order chi connectivity index (χ1) is 7.74. The minimum atomic E-state index is -1.10. The molecule has 6 heteroatoms. The van der Waals surface area contributed by atoms with Gasteiger partial charge in [-0.05, 0) is 32.4 Å². The number of rotatable bonds is 4. The van der Waals surface area contributed by atoms with Crippen LogP contribution in [-0.4, -0.2) is 20.7 Å². The van der Waals surface area contributed by atoms with Gasteiger partial charge in [-0.2, -0.15) is 0 Å². The Kier molecular flexibility index (Phi) is 3.77. The molecular formula is C11H13NO4S. The quantitative estimate of drug-likeness (QED) is 0.508. The number of nitrogens with zero attached hydrogens (tertiary/aromatic N) is 1. The highest BCUT2D eigenvalue weighted by molar-refractivity contribution is 8.01. The van der Waals surface area contributed by atoms with Crippen LogP contribution in [0.1, 0.15) is 19.4 Å². The second-order valence-electron chi connectivity index (χ2n) is 4.15. The van der Waals surface area contributed by atoms with Gasteiger partial charge >= 0.3 is 5.97 Å². The first kappa shape index (κ1) is 13.5. The topological polar surface area (TPSA) is 80.4 Å². The van der Waals surface area contributed by atoms with Gasteiger partial charge in [-0.3, -0.25) is 14.9 Å². The molecule has 0 saturated carbocycles. The third-order valence-electron chi connectivity index (χ3n) is 2.19. The van der Waals surface area contributed by atoms with Gasteiger partial charge in [0.05, 0.1) is 9.82 Å². The van der Waals surface area contributed by atoms with E-state index in [4.69, 9.17) is 5.11 Å². The van der Waals surface area contributed by atoms with Gasteiger partial charge in [0.15, 0.2) is 0 Å². The minimum Gasteiger partial charge on any atom is -0.480 e. The van der Waals surface area contributed by atoms with E-state index in [9.17, 15) is 14.9 Å². The number of carbonyl (C=O) groups is 1. The molecule has 0 amide bonds. The monoisotopic (exact) mass is 255 g/mol. The Morgan fingerprint density at radius 2 is 2.06 bits per heavy atom. The molecule has 0 fully saturated rings. The normalized spacial score (nSPS) is 11.2.